The van der Waals surface area contributed by atoms with Crippen molar-refractivity contribution in [1.29, 1.82) is 0 Å². The molecule has 68 valence electrons. The Kier molecular flexibility index (Phi) is 5.29. The molecule has 0 spiro atoms. The van der Waals surface area contributed by atoms with Crippen molar-refractivity contribution in [3.63, 3.8) is 0 Å². The van der Waals surface area contributed by atoms with Gasteiger partial charge in [-0.3, -0.25) is 4.57 Å². The van der Waals surface area contributed by atoms with E-state index in [4.69, 9.17) is 11.1 Å². The van der Waals surface area contributed by atoms with Crippen molar-refractivity contribution < 1.29 is 0 Å². The van der Waals surface area contributed by atoms with Crippen LogP contribution < -0.4 is 9.96 Å². The molecule has 0 amide bonds. The highest BCUT2D eigenvalue weighted by molar-refractivity contribution is 7.15. The second-order valence-corrected chi connectivity index (χ2v) is 6.81. The molecule has 0 atom stereocenters. The fourth-order valence-corrected chi connectivity index (χ4v) is 3.57. The first-order chi connectivity index (χ1) is 5.14. The summed E-state index contributed by atoms with van der Waals surface area (Å²) in [6.45, 7) is 6.19. The van der Waals surface area contributed by atoms with Crippen molar-refractivity contribution in [2.75, 3.05) is 27.2 Å². The molecule has 0 aliphatic rings. The van der Waals surface area contributed by atoms with Crippen LogP contribution in [0.5, 0.6) is 0 Å². The van der Waals surface area contributed by atoms with E-state index >= 15 is 0 Å². The number of nitrogens with zero attached hydrogens (tertiary/aromatic N) is 1. The van der Waals surface area contributed by atoms with E-state index in [2.05, 4.69) is 28.4 Å². The van der Waals surface area contributed by atoms with Gasteiger partial charge in [-0.2, -0.15) is 0 Å². The van der Waals surface area contributed by atoms with E-state index in [1.54, 1.807) is 0 Å². The van der Waals surface area contributed by atoms with E-state index in [1.807, 2.05) is 14.1 Å². The minimum atomic E-state index is -2.02. The molecule has 0 saturated carbocycles. The van der Waals surface area contributed by atoms with Gasteiger partial charge in [0.2, 0.25) is 0 Å². The highest BCUT2D eigenvalue weighted by Crippen LogP contribution is 2.05. The monoisotopic (exact) mass is 195 g/mol. The lowest BCUT2D eigenvalue weighted by Crippen LogP contribution is -2.67. The lowest BCUT2D eigenvalue weighted by atomic mass is 10.7. The first-order valence-corrected chi connectivity index (χ1v) is 6.92. The van der Waals surface area contributed by atoms with Gasteiger partial charge in [-0.1, -0.05) is 13.8 Å². The van der Waals surface area contributed by atoms with E-state index in [0.717, 1.165) is 13.1 Å². The van der Waals surface area contributed by atoms with Crippen molar-refractivity contribution >= 4 is 18.9 Å². The number of hydrogen-bond donors (Lipinski definition) is 2. The average molecular weight is 196 g/mol. The van der Waals surface area contributed by atoms with Crippen LogP contribution in [0.4, 0.5) is 0 Å². The summed E-state index contributed by atoms with van der Waals surface area (Å²) in [4.78, 5) is 6.30. The normalized spacial score (nSPS) is 12.5. The Morgan fingerprint density at radius 3 is 1.64 bits per heavy atom. The average Bonchev–Trinajstić information content (AvgIpc) is 2.06. The van der Waals surface area contributed by atoms with Crippen molar-refractivity contribution in [3.05, 3.63) is 0 Å². The van der Waals surface area contributed by atoms with Crippen LogP contribution >= 0.6 is 11.1 Å². The van der Waals surface area contributed by atoms with Gasteiger partial charge in [0, 0.05) is 0 Å². The van der Waals surface area contributed by atoms with E-state index in [1.165, 1.54) is 0 Å². The Morgan fingerprint density at radius 2 is 1.55 bits per heavy atom. The Balaban J connectivity index is 4.19. The minimum absolute atomic E-state index is 0.980. The molecular weight excluding hydrogens is 178 g/mol. The van der Waals surface area contributed by atoms with Gasteiger partial charge in [0.1, 0.15) is 0 Å². The molecule has 2 N–H and O–H groups in total. The fourth-order valence-electron chi connectivity index (χ4n) is 1.10. The molecular formula is C6H18ClN3Si. The lowest BCUT2D eigenvalue weighted by molar-refractivity contribution is 0.455. The first kappa shape index (κ1) is 11.4. The van der Waals surface area contributed by atoms with Gasteiger partial charge in [-0.15, -0.1) is 11.1 Å². The van der Waals surface area contributed by atoms with Gasteiger partial charge < -0.3 is 9.96 Å². The molecule has 0 saturated heterocycles. The predicted octanol–water partition coefficient (Wildman–Crippen LogP) is 0.441. The molecule has 11 heavy (non-hydrogen) atoms. The summed E-state index contributed by atoms with van der Waals surface area (Å²) in [6, 6.07) is 0. The van der Waals surface area contributed by atoms with Gasteiger partial charge in [-0.25, -0.2) is 0 Å². The molecule has 0 rings (SSSR count). The standard InChI is InChI=1S/C6H18ClN3Si/c1-5-10(6-2)11(7,8-3)9-4/h8-9H,5-6H2,1-4H3. The first-order valence-electron chi connectivity index (χ1n) is 3.96. The van der Waals surface area contributed by atoms with Crippen LogP contribution in [0.15, 0.2) is 0 Å². The van der Waals surface area contributed by atoms with Crippen molar-refractivity contribution in [2.45, 2.75) is 13.8 Å². The van der Waals surface area contributed by atoms with Gasteiger partial charge in [-0.05, 0) is 27.2 Å². The molecule has 0 fully saturated rings. The van der Waals surface area contributed by atoms with Crippen LogP contribution in [-0.2, 0) is 0 Å². The van der Waals surface area contributed by atoms with Crippen molar-refractivity contribution in [3.8, 4) is 0 Å². The summed E-state index contributed by atoms with van der Waals surface area (Å²) < 4.78 is 2.23. The topological polar surface area (TPSA) is 27.3 Å². The van der Waals surface area contributed by atoms with Crippen LogP contribution in [0.1, 0.15) is 13.8 Å². The molecule has 0 bridgehead atoms. The third-order valence-electron chi connectivity index (χ3n) is 1.86. The Hall–Kier alpha value is 0.387. The largest absolute Gasteiger partial charge is 0.386 e. The maximum Gasteiger partial charge on any atom is 0.386 e. The smallest absolute Gasteiger partial charge is 0.304 e. The highest BCUT2D eigenvalue weighted by Gasteiger charge is 2.34. The maximum atomic E-state index is 6.32. The molecule has 0 aliphatic carbocycles. The molecule has 0 aromatic rings. The van der Waals surface area contributed by atoms with Crippen LogP contribution in [0.2, 0.25) is 0 Å². The SMILES string of the molecule is CCN(CC)[Si](Cl)(NC)NC. The van der Waals surface area contributed by atoms with Crippen molar-refractivity contribution in [2.24, 2.45) is 0 Å². The van der Waals surface area contributed by atoms with E-state index in [-0.39, 0.29) is 0 Å². The number of hydrogen-bond acceptors (Lipinski definition) is 3. The second-order valence-electron chi connectivity index (χ2n) is 2.29. The third kappa shape index (κ3) is 2.72. The molecule has 0 aromatic carbocycles. The van der Waals surface area contributed by atoms with Gasteiger partial charge in [0.15, 0.2) is 0 Å². The summed E-state index contributed by atoms with van der Waals surface area (Å²) in [6.07, 6.45) is 0. The Morgan fingerprint density at radius 1 is 1.18 bits per heavy atom. The Labute approximate surface area is 75.1 Å². The second kappa shape index (κ2) is 5.11. The number of nitrogens with one attached hydrogen (secondary N) is 2. The molecule has 5 heteroatoms. The molecule has 0 aromatic heterocycles. The van der Waals surface area contributed by atoms with Gasteiger partial charge >= 0.3 is 7.87 Å². The summed E-state index contributed by atoms with van der Waals surface area (Å²) in [5.74, 6) is 0. The fraction of sp³-hybridized carbons (Fsp3) is 1.00. The van der Waals surface area contributed by atoms with Crippen molar-refractivity contribution in [1.82, 2.24) is 14.5 Å². The molecule has 0 radical (unpaired) electrons. The summed E-state index contributed by atoms with van der Waals surface area (Å²) >= 11 is 6.32. The van der Waals surface area contributed by atoms with Crippen LogP contribution in [0.3, 0.4) is 0 Å². The molecule has 0 aliphatic heterocycles. The summed E-state index contributed by atoms with van der Waals surface area (Å²) in [5, 5.41) is 0. The zero-order valence-corrected chi connectivity index (χ0v) is 9.50. The molecule has 3 nitrogen and oxygen atoms in total. The van der Waals surface area contributed by atoms with E-state index < -0.39 is 7.87 Å². The van der Waals surface area contributed by atoms with Crippen LogP contribution in [0, 0.1) is 0 Å². The predicted molar refractivity (Wildman–Crippen MR) is 52.6 cm³/mol. The van der Waals surface area contributed by atoms with Crippen LogP contribution in [-0.4, -0.2) is 39.6 Å². The maximum absolute atomic E-state index is 6.32. The lowest BCUT2D eigenvalue weighted by Gasteiger charge is -2.33. The zero-order valence-electron chi connectivity index (χ0n) is 7.74. The number of rotatable bonds is 5. The Bertz CT molecular complexity index is 104. The summed E-state index contributed by atoms with van der Waals surface area (Å²) in [5.41, 5.74) is 0. The molecule has 0 unspecified atom stereocenters. The summed E-state index contributed by atoms with van der Waals surface area (Å²) in [7, 11) is 1.77. The number of halogens is 1. The minimum Gasteiger partial charge on any atom is -0.304 e. The zero-order chi connectivity index (χ0) is 8.91. The quantitative estimate of drug-likeness (QED) is 0.493. The van der Waals surface area contributed by atoms with E-state index in [9.17, 15) is 0 Å². The molecule has 0 heterocycles. The van der Waals surface area contributed by atoms with Crippen LogP contribution in [0.25, 0.3) is 0 Å². The van der Waals surface area contributed by atoms with Gasteiger partial charge in [0.05, 0.1) is 0 Å². The third-order valence-corrected chi connectivity index (χ3v) is 6.54. The van der Waals surface area contributed by atoms with Gasteiger partial charge in [0.25, 0.3) is 0 Å². The highest BCUT2D eigenvalue weighted by atomic mass is 35.6. The van der Waals surface area contributed by atoms with E-state index in [0.29, 0.717) is 0 Å².